The maximum Gasteiger partial charge on any atom is 0.256 e. The van der Waals surface area contributed by atoms with Crippen molar-refractivity contribution in [3.8, 4) is 11.1 Å². The van der Waals surface area contributed by atoms with Crippen LogP contribution in [0.1, 0.15) is 34.3 Å². The molecule has 0 radical (unpaired) electrons. The van der Waals surface area contributed by atoms with E-state index in [0.717, 1.165) is 60.9 Å². The Bertz CT molecular complexity index is 957. The zero-order chi connectivity index (χ0) is 19.4. The molecular formula is C22H23Cl2N3O. The molecule has 2 heterocycles. The zero-order valence-electron chi connectivity index (χ0n) is 15.9. The SMILES string of the molecule is CN1CCN(Cc2ccc(-c3cc(Cl)c4c(c3)CN(C3CC3)C4=O)c(Cl)c2)C1. The van der Waals surface area contributed by atoms with Crippen molar-refractivity contribution in [2.45, 2.75) is 32.0 Å². The van der Waals surface area contributed by atoms with Crippen molar-refractivity contribution in [1.82, 2.24) is 14.7 Å². The van der Waals surface area contributed by atoms with E-state index < -0.39 is 0 Å². The van der Waals surface area contributed by atoms with E-state index in [9.17, 15) is 4.79 Å². The minimum atomic E-state index is 0.0751. The Balaban J connectivity index is 1.41. The molecule has 0 atom stereocenters. The number of hydrogen-bond donors (Lipinski definition) is 0. The predicted octanol–water partition coefficient (Wildman–Crippen LogP) is 4.48. The van der Waals surface area contributed by atoms with Gasteiger partial charge in [0, 0.05) is 42.8 Å². The summed E-state index contributed by atoms with van der Waals surface area (Å²) in [6, 6.07) is 10.6. The number of likely N-dealkylation sites (N-methyl/N-ethyl adjacent to an activating group) is 1. The van der Waals surface area contributed by atoms with Crippen molar-refractivity contribution < 1.29 is 4.79 Å². The summed E-state index contributed by atoms with van der Waals surface area (Å²) < 4.78 is 0. The third kappa shape index (κ3) is 3.33. The lowest BCUT2D eigenvalue weighted by Gasteiger charge is -2.16. The van der Waals surface area contributed by atoms with Gasteiger partial charge >= 0.3 is 0 Å². The van der Waals surface area contributed by atoms with Crippen molar-refractivity contribution >= 4 is 29.1 Å². The molecule has 2 aromatic rings. The maximum atomic E-state index is 12.7. The summed E-state index contributed by atoms with van der Waals surface area (Å²) in [6.07, 6.45) is 2.20. The van der Waals surface area contributed by atoms with Gasteiger partial charge in [0.1, 0.15) is 0 Å². The molecule has 146 valence electrons. The summed E-state index contributed by atoms with van der Waals surface area (Å²) >= 11 is 13.2. The molecule has 1 aliphatic carbocycles. The number of hydrogen-bond acceptors (Lipinski definition) is 3. The van der Waals surface area contributed by atoms with Crippen molar-refractivity contribution in [1.29, 1.82) is 0 Å². The highest BCUT2D eigenvalue weighted by Crippen LogP contribution is 2.40. The maximum absolute atomic E-state index is 12.7. The Kier molecular flexibility index (Phi) is 4.63. The second-order valence-electron chi connectivity index (χ2n) is 8.24. The lowest BCUT2D eigenvalue weighted by atomic mass is 9.99. The third-order valence-electron chi connectivity index (χ3n) is 5.97. The lowest BCUT2D eigenvalue weighted by Crippen LogP contribution is -2.25. The Morgan fingerprint density at radius 3 is 2.57 bits per heavy atom. The van der Waals surface area contributed by atoms with Crippen LogP contribution < -0.4 is 0 Å². The van der Waals surface area contributed by atoms with Crippen LogP contribution in [-0.2, 0) is 13.1 Å². The molecule has 28 heavy (non-hydrogen) atoms. The highest BCUT2D eigenvalue weighted by molar-refractivity contribution is 6.35. The summed E-state index contributed by atoms with van der Waals surface area (Å²) in [5.74, 6) is 0.0751. The Morgan fingerprint density at radius 2 is 1.89 bits per heavy atom. The standard InChI is InChI=1S/C22H23Cl2N3O/c1-25-6-7-26(13-25)11-14-2-5-18(19(23)8-14)15-9-16-12-27(17-3-4-17)22(28)21(16)20(24)10-15/h2,5,8-10,17H,3-4,6-7,11-13H2,1H3. The number of nitrogens with zero attached hydrogens (tertiary/aromatic N) is 3. The first-order valence-electron chi connectivity index (χ1n) is 9.82. The summed E-state index contributed by atoms with van der Waals surface area (Å²) in [7, 11) is 2.14. The van der Waals surface area contributed by atoms with E-state index in [-0.39, 0.29) is 5.91 Å². The monoisotopic (exact) mass is 415 g/mol. The van der Waals surface area contributed by atoms with Crippen LogP contribution in [-0.4, -0.2) is 53.5 Å². The van der Waals surface area contributed by atoms with Gasteiger partial charge < -0.3 is 4.90 Å². The Labute approximate surface area is 175 Å². The largest absolute Gasteiger partial charge is 0.331 e. The molecule has 3 aliphatic rings. The van der Waals surface area contributed by atoms with Gasteiger partial charge in [-0.2, -0.15) is 0 Å². The van der Waals surface area contributed by atoms with Crippen LogP contribution in [0.5, 0.6) is 0 Å². The zero-order valence-corrected chi connectivity index (χ0v) is 17.4. The fourth-order valence-electron chi connectivity index (χ4n) is 4.34. The molecule has 0 N–H and O–H groups in total. The quantitative estimate of drug-likeness (QED) is 0.735. The van der Waals surface area contributed by atoms with Crippen molar-refractivity contribution in [2.24, 2.45) is 0 Å². The van der Waals surface area contributed by atoms with Crippen LogP contribution in [0.2, 0.25) is 10.0 Å². The van der Waals surface area contributed by atoms with Gasteiger partial charge in [-0.15, -0.1) is 0 Å². The number of carbonyl (C=O) groups is 1. The predicted molar refractivity (Wildman–Crippen MR) is 113 cm³/mol. The second kappa shape index (κ2) is 7.03. The van der Waals surface area contributed by atoms with E-state index >= 15 is 0 Å². The number of carbonyl (C=O) groups excluding carboxylic acids is 1. The van der Waals surface area contributed by atoms with Gasteiger partial charge in [-0.25, -0.2) is 0 Å². The van der Waals surface area contributed by atoms with Crippen LogP contribution in [0.25, 0.3) is 11.1 Å². The highest BCUT2D eigenvalue weighted by Gasteiger charge is 2.39. The molecule has 2 aromatic carbocycles. The minimum absolute atomic E-state index is 0.0751. The fourth-order valence-corrected chi connectivity index (χ4v) is 4.97. The van der Waals surface area contributed by atoms with Gasteiger partial charge in [0.05, 0.1) is 17.3 Å². The summed E-state index contributed by atoms with van der Waals surface area (Å²) in [5.41, 5.74) is 4.84. The molecule has 1 saturated carbocycles. The summed E-state index contributed by atoms with van der Waals surface area (Å²) in [6.45, 7) is 4.74. The molecule has 1 saturated heterocycles. The molecule has 4 nitrogen and oxygen atoms in total. The van der Waals surface area contributed by atoms with Crippen LogP contribution in [0.3, 0.4) is 0 Å². The van der Waals surface area contributed by atoms with Crippen LogP contribution in [0, 0.1) is 0 Å². The summed E-state index contributed by atoms with van der Waals surface area (Å²) in [4.78, 5) is 19.3. The lowest BCUT2D eigenvalue weighted by molar-refractivity contribution is 0.0767. The van der Waals surface area contributed by atoms with Gasteiger partial charge in [-0.05, 0) is 54.8 Å². The average molecular weight is 416 g/mol. The molecule has 0 unspecified atom stereocenters. The Hall–Kier alpha value is -1.59. The number of halogens is 2. The molecule has 5 rings (SSSR count). The van der Waals surface area contributed by atoms with E-state index in [1.54, 1.807) is 0 Å². The summed E-state index contributed by atoms with van der Waals surface area (Å²) in [5, 5.41) is 1.25. The van der Waals surface area contributed by atoms with Crippen LogP contribution in [0.15, 0.2) is 30.3 Å². The minimum Gasteiger partial charge on any atom is -0.331 e. The molecule has 6 heteroatoms. The van der Waals surface area contributed by atoms with Gasteiger partial charge in [0.15, 0.2) is 0 Å². The van der Waals surface area contributed by atoms with Crippen molar-refractivity contribution in [3.63, 3.8) is 0 Å². The highest BCUT2D eigenvalue weighted by atomic mass is 35.5. The van der Waals surface area contributed by atoms with E-state index in [1.807, 2.05) is 11.0 Å². The number of benzene rings is 2. The van der Waals surface area contributed by atoms with Crippen LogP contribution >= 0.6 is 23.2 Å². The first-order valence-corrected chi connectivity index (χ1v) is 10.6. The number of rotatable bonds is 4. The van der Waals surface area contributed by atoms with Crippen molar-refractivity contribution in [2.75, 3.05) is 26.8 Å². The molecular weight excluding hydrogens is 393 g/mol. The molecule has 0 spiro atoms. The molecule has 2 fully saturated rings. The number of fused-ring (bicyclic) bond motifs is 1. The van der Waals surface area contributed by atoms with Gasteiger partial charge in [-0.3, -0.25) is 14.6 Å². The second-order valence-corrected chi connectivity index (χ2v) is 9.06. The molecule has 1 amide bonds. The number of amides is 1. The smallest absolute Gasteiger partial charge is 0.256 e. The topological polar surface area (TPSA) is 26.8 Å². The average Bonchev–Trinajstić information content (AvgIpc) is 3.33. The first kappa shape index (κ1) is 18.4. The van der Waals surface area contributed by atoms with Crippen molar-refractivity contribution in [3.05, 3.63) is 57.1 Å². The third-order valence-corrected chi connectivity index (χ3v) is 6.58. The van der Waals surface area contributed by atoms with Gasteiger partial charge in [-0.1, -0.05) is 35.3 Å². The first-order chi connectivity index (χ1) is 13.5. The van der Waals surface area contributed by atoms with Gasteiger partial charge in [0.25, 0.3) is 5.91 Å². The Morgan fingerprint density at radius 1 is 1.07 bits per heavy atom. The fraction of sp³-hybridized carbons (Fsp3) is 0.409. The molecule has 0 aromatic heterocycles. The molecule has 2 aliphatic heterocycles. The van der Waals surface area contributed by atoms with E-state index in [2.05, 4.69) is 41.1 Å². The van der Waals surface area contributed by atoms with E-state index in [1.165, 1.54) is 5.56 Å². The normalized spacial score (nSPS) is 20.2. The van der Waals surface area contributed by atoms with Gasteiger partial charge in [0.2, 0.25) is 0 Å². The van der Waals surface area contributed by atoms with E-state index in [0.29, 0.717) is 23.2 Å². The molecule has 0 bridgehead atoms. The van der Waals surface area contributed by atoms with Crippen LogP contribution in [0.4, 0.5) is 0 Å². The van der Waals surface area contributed by atoms with E-state index in [4.69, 9.17) is 23.2 Å².